The van der Waals surface area contributed by atoms with Crippen molar-refractivity contribution in [3.63, 3.8) is 0 Å². The summed E-state index contributed by atoms with van der Waals surface area (Å²) in [5.74, 6) is 0.0142. The van der Waals surface area contributed by atoms with E-state index in [1.807, 2.05) is 14.1 Å². The lowest BCUT2D eigenvalue weighted by Gasteiger charge is -2.11. The molecule has 0 fully saturated rings. The summed E-state index contributed by atoms with van der Waals surface area (Å²) in [7, 11) is 3.99. The number of likely N-dealkylation sites (N-methyl/N-ethyl adjacent to an activating group) is 1. The highest BCUT2D eigenvalue weighted by atomic mass is 16.5. The zero-order valence-corrected chi connectivity index (χ0v) is 10.8. The van der Waals surface area contributed by atoms with Gasteiger partial charge >= 0.3 is 0 Å². The summed E-state index contributed by atoms with van der Waals surface area (Å²) in [6.45, 7) is 2.71. The van der Waals surface area contributed by atoms with Crippen molar-refractivity contribution in [1.82, 2.24) is 9.88 Å². The normalized spacial score (nSPS) is 10.6. The number of aromatic nitrogens is 1. The Morgan fingerprint density at radius 1 is 1.50 bits per heavy atom. The third-order valence-corrected chi connectivity index (χ3v) is 2.29. The summed E-state index contributed by atoms with van der Waals surface area (Å²) in [5.41, 5.74) is 5.64. The van der Waals surface area contributed by atoms with Crippen LogP contribution in [0.2, 0.25) is 0 Å². The smallest absolute Gasteiger partial charge is 0.252 e. The zero-order chi connectivity index (χ0) is 13.4. The van der Waals surface area contributed by atoms with Crippen LogP contribution in [0.25, 0.3) is 0 Å². The third kappa shape index (κ3) is 5.11. The number of carbonyl (C=O) groups excluding carboxylic acids is 1. The van der Waals surface area contributed by atoms with Crippen molar-refractivity contribution in [3.05, 3.63) is 23.9 Å². The zero-order valence-electron chi connectivity index (χ0n) is 10.8. The van der Waals surface area contributed by atoms with E-state index >= 15 is 0 Å². The topological polar surface area (TPSA) is 80.5 Å². The number of primary amides is 1. The number of rotatable bonds is 8. The molecule has 6 nitrogen and oxygen atoms in total. The summed E-state index contributed by atoms with van der Waals surface area (Å²) in [6.07, 6.45) is 1.61. The Hall–Kier alpha value is -1.66. The quantitative estimate of drug-likeness (QED) is 0.645. The van der Waals surface area contributed by atoms with Gasteiger partial charge in [0, 0.05) is 19.3 Å². The van der Waals surface area contributed by atoms with Crippen LogP contribution in [0.5, 0.6) is 0 Å². The number of hydrogen-bond acceptors (Lipinski definition) is 5. The first-order valence-corrected chi connectivity index (χ1v) is 5.82. The van der Waals surface area contributed by atoms with Gasteiger partial charge in [0.1, 0.15) is 5.82 Å². The molecule has 0 unspecified atom stereocenters. The van der Waals surface area contributed by atoms with E-state index in [1.54, 1.807) is 18.3 Å². The Balaban J connectivity index is 2.29. The number of hydrogen-bond donors (Lipinski definition) is 2. The first-order valence-electron chi connectivity index (χ1n) is 5.82. The Labute approximate surface area is 107 Å². The lowest BCUT2D eigenvalue weighted by Crippen LogP contribution is -2.21. The summed E-state index contributed by atoms with van der Waals surface area (Å²) in [4.78, 5) is 17.3. The van der Waals surface area contributed by atoms with Crippen LogP contribution in [0.4, 0.5) is 5.82 Å². The number of ether oxygens (including phenoxy) is 1. The van der Waals surface area contributed by atoms with E-state index in [9.17, 15) is 4.79 Å². The number of amides is 1. The first kappa shape index (κ1) is 14.4. The summed E-state index contributed by atoms with van der Waals surface area (Å²) >= 11 is 0. The van der Waals surface area contributed by atoms with Gasteiger partial charge in [-0.05, 0) is 26.2 Å². The molecule has 0 aliphatic carbocycles. The highest BCUT2D eigenvalue weighted by Crippen LogP contribution is 2.09. The van der Waals surface area contributed by atoms with Crippen LogP contribution in [0.1, 0.15) is 10.4 Å². The van der Waals surface area contributed by atoms with Gasteiger partial charge in [-0.1, -0.05) is 0 Å². The SMILES string of the molecule is CN(C)CCOCCNc1ncccc1C(N)=O. The predicted octanol–water partition coefficient (Wildman–Crippen LogP) is 0.171. The van der Waals surface area contributed by atoms with Crippen molar-refractivity contribution in [2.75, 3.05) is 45.7 Å². The monoisotopic (exact) mass is 252 g/mol. The van der Waals surface area contributed by atoms with Crippen molar-refractivity contribution in [3.8, 4) is 0 Å². The second-order valence-electron chi connectivity index (χ2n) is 4.11. The van der Waals surface area contributed by atoms with E-state index in [0.717, 1.165) is 6.54 Å². The van der Waals surface area contributed by atoms with Crippen LogP contribution < -0.4 is 11.1 Å². The van der Waals surface area contributed by atoms with Gasteiger partial charge in [-0.3, -0.25) is 4.79 Å². The number of carbonyl (C=O) groups is 1. The lowest BCUT2D eigenvalue weighted by atomic mass is 10.2. The summed E-state index contributed by atoms with van der Waals surface area (Å²) in [5, 5.41) is 3.03. The minimum atomic E-state index is -0.487. The number of anilines is 1. The van der Waals surface area contributed by atoms with Crippen LogP contribution in [0, 0.1) is 0 Å². The Bertz CT molecular complexity index is 382. The third-order valence-electron chi connectivity index (χ3n) is 2.29. The fraction of sp³-hybridized carbons (Fsp3) is 0.500. The average molecular weight is 252 g/mol. The second-order valence-corrected chi connectivity index (χ2v) is 4.11. The molecule has 0 aliphatic rings. The number of nitrogens with two attached hydrogens (primary N) is 1. The minimum Gasteiger partial charge on any atom is -0.378 e. The van der Waals surface area contributed by atoms with Crippen molar-refractivity contribution in [2.24, 2.45) is 5.73 Å². The Morgan fingerprint density at radius 2 is 2.28 bits per heavy atom. The molecule has 0 radical (unpaired) electrons. The van der Waals surface area contributed by atoms with Crippen molar-refractivity contribution in [1.29, 1.82) is 0 Å². The van der Waals surface area contributed by atoms with Gasteiger partial charge in [0.15, 0.2) is 0 Å². The predicted molar refractivity (Wildman–Crippen MR) is 70.6 cm³/mol. The molecule has 0 saturated heterocycles. The van der Waals surface area contributed by atoms with E-state index < -0.39 is 5.91 Å². The van der Waals surface area contributed by atoms with Gasteiger partial charge in [0.2, 0.25) is 0 Å². The fourth-order valence-electron chi connectivity index (χ4n) is 1.34. The molecule has 0 atom stereocenters. The van der Waals surface area contributed by atoms with Gasteiger partial charge in [0.05, 0.1) is 18.8 Å². The molecule has 0 aliphatic heterocycles. The second kappa shape index (κ2) is 7.62. The van der Waals surface area contributed by atoms with Crippen LogP contribution in [0.3, 0.4) is 0 Å². The molecule has 100 valence electrons. The summed E-state index contributed by atoms with van der Waals surface area (Å²) in [6, 6.07) is 3.32. The molecule has 1 rings (SSSR count). The molecule has 6 heteroatoms. The molecule has 18 heavy (non-hydrogen) atoms. The minimum absolute atomic E-state index is 0.394. The molecule has 0 spiro atoms. The molecule has 1 amide bonds. The molecular weight excluding hydrogens is 232 g/mol. The van der Waals surface area contributed by atoms with Gasteiger partial charge in [-0.2, -0.15) is 0 Å². The first-order chi connectivity index (χ1) is 8.61. The highest BCUT2D eigenvalue weighted by Gasteiger charge is 2.07. The molecule has 0 bridgehead atoms. The maximum absolute atomic E-state index is 11.1. The standard InChI is InChI=1S/C12H20N4O2/c1-16(2)7-9-18-8-6-15-12-10(11(13)17)4-3-5-14-12/h3-5H,6-9H2,1-2H3,(H2,13,17)(H,14,15). The van der Waals surface area contributed by atoms with Crippen molar-refractivity contribution in [2.45, 2.75) is 0 Å². The van der Waals surface area contributed by atoms with E-state index in [0.29, 0.717) is 31.1 Å². The Kier molecular flexibility index (Phi) is 6.10. The largest absolute Gasteiger partial charge is 0.378 e. The van der Waals surface area contributed by atoms with Gasteiger partial charge in [-0.15, -0.1) is 0 Å². The molecule has 1 aromatic rings. The van der Waals surface area contributed by atoms with Crippen molar-refractivity contribution >= 4 is 11.7 Å². The van der Waals surface area contributed by atoms with Gasteiger partial charge < -0.3 is 20.7 Å². The van der Waals surface area contributed by atoms with Crippen LogP contribution in [0.15, 0.2) is 18.3 Å². The molecular formula is C12H20N4O2. The van der Waals surface area contributed by atoms with Gasteiger partial charge in [0.25, 0.3) is 5.91 Å². The summed E-state index contributed by atoms with van der Waals surface area (Å²) < 4.78 is 5.42. The molecule has 1 aromatic heterocycles. The average Bonchev–Trinajstić information content (AvgIpc) is 2.33. The van der Waals surface area contributed by atoms with E-state index in [4.69, 9.17) is 10.5 Å². The maximum atomic E-state index is 11.1. The highest BCUT2D eigenvalue weighted by molar-refractivity contribution is 5.97. The number of nitrogens with one attached hydrogen (secondary N) is 1. The maximum Gasteiger partial charge on any atom is 0.252 e. The van der Waals surface area contributed by atoms with Crippen LogP contribution in [-0.4, -0.2) is 56.2 Å². The van der Waals surface area contributed by atoms with E-state index in [1.165, 1.54) is 0 Å². The molecule has 1 heterocycles. The number of pyridine rings is 1. The number of nitrogens with zero attached hydrogens (tertiary/aromatic N) is 2. The van der Waals surface area contributed by atoms with Gasteiger partial charge in [-0.25, -0.2) is 4.98 Å². The van der Waals surface area contributed by atoms with E-state index in [2.05, 4.69) is 15.2 Å². The molecule has 3 N–H and O–H groups in total. The van der Waals surface area contributed by atoms with Crippen LogP contribution in [-0.2, 0) is 4.74 Å². The van der Waals surface area contributed by atoms with Crippen molar-refractivity contribution < 1.29 is 9.53 Å². The van der Waals surface area contributed by atoms with E-state index in [-0.39, 0.29) is 0 Å². The lowest BCUT2D eigenvalue weighted by molar-refractivity contribution is 0.100. The molecule has 0 aromatic carbocycles. The van der Waals surface area contributed by atoms with Crippen LogP contribution >= 0.6 is 0 Å². The molecule has 0 saturated carbocycles. The Morgan fingerprint density at radius 3 is 2.94 bits per heavy atom. The fourth-order valence-corrected chi connectivity index (χ4v) is 1.34.